The first-order chi connectivity index (χ1) is 26.6. The van der Waals surface area contributed by atoms with Gasteiger partial charge in [-0.05, 0) is 74.2 Å². The summed E-state index contributed by atoms with van der Waals surface area (Å²) in [7, 11) is 0. The van der Waals surface area contributed by atoms with E-state index in [1.807, 2.05) is 0 Å². The molecule has 14 nitrogen and oxygen atoms in total. The van der Waals surface area contributed by atoms with Crippen LogP contribution in [-0.4, -0.2) is 94.9 Å². The van der Waals surface area contributed by atoms with Crippen molar-refractivity contribution in [2.45, 2.75) is 37.9 Å². The monoisotopic (exact) mass is 762 g/mol. The molecule has 2 atom stereocenters. The predicted molar refractivity (Wildman–Crippen MR) is 199 cm³/mol. The Bertz CT molecular complexity index is 1620. The second kappa shape index (κ2) is 27.4. The number of hydrogen-bond donors (Lipinski definition) is 0. The van der Waals surface area contributed by atoms with Gasteiger partial charge in [-0.1, -0.05) is 32.2 Å². The van der Waals surface area contributed by atoms with Crippen LogP contribution in [0.1, 0.15) is 31.2 Å². The Labute approximate surface area is 320 Å². The highest BCUT2D eigenvalue weighted by atomic mass is 16.6. The lowest BCUT2D eigenvalue weighted by molar-refractivity contribution is -0.148. The molecule has 0 spiro atoms. The highest BCUT2D eigenvalue weighted by Gasteiger charge is 2.16. The standard InChI is InChI=1S/C41H46O14/c1-5-37(42)49-25-11-9-23-47-27-35(54-39(44)7-3)29-51-32-16-13-31(14-17-32)15-22-41(46)53-34-20-18-33(19-21-34)52-30-36(55-40(45)8-4)28-48-24-10-12-26-50-38(43)6-2/h5-8,13-14,16-21,35-36H,1-4,9-12,23-30H2. The molecule has 55 heavy (non-hydrogen) atoms. The number of ether oxygens (including phenoxy) is 9. The van der Waals surface area contributed by atoms with Gasteiger partial charge in [0.25, 0.3) is 0 Å². The van der Waals surface area contributed by atoms with Crippen molar-refractivity contribution in [2.75, 3.05) is 52.9 Å². The van der Waals surface area contributed by atoms with Crippen LogP contribution in [0.3, 0.4) is 0 Å². The molecule has 0 aliphatic heterocycles. The molecular weight excluding hydrogens is 716 g/mol. The number of carbonyl (C=O) groups excluding carboxylic acids is 5. The maximum absolute atomic E-state index is 12.4. The van der Waals surface area contributed by atoms with Crippen molar-refractivity contribution in [2.24, 2.45) is 0 Å². The molecule has 0 saturated carbocycles. The van der Waals surface area contributed by atoms with E-state index < -0.39 is 42.1 Å². The molecular formula is C41H46O14. The highest BCUT2D eigenvalue weighted by molar-refractivity contribution is 5.90. The number of hydrogen-bond acceptors (Lipinski definition) is 14. The number of esters is 5. The first-order valence-corrected chi connectivity index (χ1v) is 17.2. The van der Waals surface area contributed by atoms with Crippen LogP contribution in [0.15, 0.2) is 99.2 Å². The Balaban J connectivity index is 1.79. The Kier molecular flexibility index (Phi) is 22.4. The summed E-state index contributed by atoms with van der Waals surface area (Å²) >= 11 is 0. The molecule has 0 heterocycles. The van der Waals surface area contributed by atoms with Gasteiger partial charge in [0.1, 0.15) is 30.5 Å². The van der Waals surface area contributed by atoms with E-state index in [9.17, 15) is 24.0 Å². The summed E-state index contributed by atoms with van der Waals surface area (Å²) in [6.45, 7) is 14.8. The normalized spacial score (nSPS) is 11.2. The van der Waals surface area contributed by atoms with E-state index >= 15 is 0 Å². The van der Waals surface area contributed by atoms with Crippen LogP contribution < -0.4 is 14.2 Å². The topological polar surface area (TPSA) is 168 Å². The van der Waals surface area contributed by atoms with Gasteiger partial charge in [-0.15, -0.1) is 0 Å². The summed E-state index contributed by atoms with van der Waals surface area (Å²) in [5.41, 5.74) is 0.523. The van der Waals surface area contributed by atoms with Crippen molar-refractivity contribution in [3.63, 3.8) is 0 Å². The average Bonchev–Trinajstić information content (AvgIpc) is 3.20. The minimum atomic E-state index is -0.786. The molecule has 2 rings (SSSR count). The molecule has 0 saturated heterocycles. The molecule has 0 fully saturated rings. The largest absolute Gasteiger partial charge is 0.490 e. The van der Waals surface area contributed by atoms with Crippen LogP contribution in [-0.2, 0) is 52.4 Å². The van der Waals surface area contributed by atoms with Crippen LogP contribution in [0.5, 0.6) is 17.2 Å². The summed E-state index contributed by atoms with van der Waals surface area (Å²) in [5, 5.41) is 0. The van der Waals surface area contributed by atoms with Crippen molar-refractivity contribution in [3.05, 3.63) is 105 Å². The minimum Gasteiger partial charge on any atom is -0.490 e. The molecule has 14 heteroatoms. The number of benzene rings is 2. The van der Waals surface area contributed by atoms with Crippen LogP contribution in [0.25, 0.3) is 0 Å². The lowest BCUT2D eigenvalue weighted by Gasteiger charge is -2.18. The summed E-state index contributed by atoms with van der Waals surface area (Å²) in [4.78, 5) is 58.0. The van der Waals surface area contributed by atoms with Gasteiger partial charge in [0.15, 0.2) is 12.2 Å². The van der Waals surface area contributed by atoms with E-state index in [4.69, 9.17) is 42.6 Å². The van der Waals surface area contributed by atoms with Crippen molar-refractivity contribution in [3.8, 4) is 29.1 Å². The lowest BCUT2D eigenvalue weighted by Crippen LogP contribution is -2.29. The smallest absolute Gasteiger partial charge is 0.390 e. The fourth-order valence-electron chi connectivity index (χ4n) is 4.03. The van der Waals surface area contributed by atoms with E-state index in [1.165, 1.54) is 12.1 Å². The maximum Gasteiger partial charge on any atom is 0.390 e. The first-order valence-electron chi connectivity index (χ1n) is 17.2. The number of unbranched alkanes of at least 4 members (excludes halogenated alkanes) is 2. The van der Waals surface area contributed by atoms with Gasteiger partial charge in [-0.2, -0.15) is 0 Å². The van der Waals surface area contributed by atoms with Gasteiger partial charge in [-0.25, -0.2) is 24.0 Å². The molecule has 0 bridgehead atoms. The molecule has 2 unspecified atom stereocenters. The van der Waals surface area contributed by atoms with Crippen molar-refractivity contribution in [1.29, 1.82) is 0 Å². The van der Waals surface area contributed by atoms with Crippen LogP contribution in [0, 0.1) is 11.8 Å². The predicted octanol–water partition coefficient (Wildman–Crippen LogP) is 4.65. The van der Waals surface area contributed by atoms with Gasteiger partial charge < -0.3 is 42.6 Å². The zero-order chi connectivity index (χ0) is 40.1. The average molecular weight is 763 g/mol. The van der Waals surface area contributed by atoms with E-state index in [0.29, 0.717) is 56.0 Å². The first kappa shape index (κ1) is 45.0. The molecule has 0 aliphatic rings. The molecule has 0 radical (unpaired) electrons. The lowest BCUT2D eigenvalue weighted by atomic mass is 10.2. The second-order valence-corrected chi connectivity index (χ2v) is 11.1. The minimum absolute atomic E-state index is 0.00861. The molecule has 2 aromatic rings. The van der Waals surface area contributed by atoms with Crippen molar-refractivity contribution in [1.82, 2.24) is 0 Å². The quantitative estimate of drug-likeness (QED) is 0.0308. The Morgan fingerprint density at radius 1 is 0.527 bits per heavy atom. The third kappa shape index (κ3) is 21.2. The zero-order valence-electron chi connectivity index (χ0n) is 30.6. The van der Waals surface area contributed by atoms with E-state index in [-0.39, 0.29) is 45.4 Å². The van der Waals surface area contributed by atoms with Crippen molar-refractivity contribution >= 4 is 29.8 Å². The summed E-state index contributed by atoms with van der Waals surface area (Å²) in [5.74, 6) is 3.28. The van der Waals surface area contributed by atoms with Crippen LogP contribution >= 0.6 is 0 Å². The summed E-state index contributed by atoms with van der Waals surface area (Å²) in [6, 6.07) is 12.8. The number of carbonyl (C=O) groups is 5. The molecule has 0 aromatic heterocycles. The maximum atomic E-state index is 12.4. The molecule has 0 aliphatic carbocycles. The number of rotatable bonds is 27. The fraction of sp³-hybridized carbons (Fsp3) is 0.341. The van der Waals surface area contributed by atoms with Gasteiger partial charge in [0.05, 0.1) is 26.4 Å². The second-order valence-electron chi connectivity index (χ2n) is 11.1. The Hall–Kier alpha value is -6.17. The van der Waals surface area contributed by atoms with Crippen LogP contribution in [0.4, 0.5) is 0 Å². The van der Waals surface area contributed by atoms with Crippen LogP contribution in [0.2, 0.25) is 0 Å². The Morgan fingerprint density at radius 3 is 1.36 bits per heavy atom. The zero-order valence-corrected chi connectivity index (χ0v) is 30.6. The van der Waals surface area contributed by atoms with E-state index in [1.54, 1.807) is 36.4 Å². The molecule has 2 aromatic carbocycles. The molecule has 294 valence electrons. The van der Waals surface area contributed by atoms with Gasteiger partial charge in [0.2, 0.25) is 0 Å². The molecule has 0 amide bonds. The van der Waals surface area contributed by atoms with Gasteiger partial charge in [-0.3, -0.25) is 0 Å². The van der Waals surface area contributed by atoms with Crippen molar-refractivity contribution < 1.29 is 66.6 Å². The third-order valence-corrected chi connectivity index (χ3v) is 6.76. The summed E-state index contributed by atoms with van der Waals surface area (Å²) < 4.78 is 48.4. The van der Waals surface area contributed by atoms with Gasteiger partial charge in [0, 0.05) is 49.0 Å². The Morgan fingerprint density at radius 2 is 0.927 bits per heavy atom. The van der Waals surface area contributed by atoms with E-state index in [0.717, 1.165) is 24.3 Å². The summed E-state index contributed by atoms with van der Waals surface area (Å²) in [6.07, 6.45) is 5.30. The van der Waals surface area contributed by atoms with Gasteiger partial charge >= 0.3 is 29.8 Å². The SMILES string of the molecule is C=CC(=O)OCCCCOCC(COc1ccc(C#CC(=O)Oc2ccc(OCC(COCCCCOC(=O)C=C)OC(=O)C=C)cc2)cc1)OC(=O)C=C. The van der Waals surface area contributed by atoms with E-state index in [2.05, 4.69) is 38.2 Å². The fourth-order valence-corrected chi connectivity index (χ4v) is 4.03. The molecule has 0 N–H and O–H groups in total. The highest BCUT2D eigenvalue weighted by Crippen LogP contribution is 2.18. The third-order valence-electron chi connectivity index (χ3n) is 6.76.